The van der Waals surface area contributed by atoms with Crippen molar-refractivity contribution >= 4 is 0 Å². The molecule has 0 atom stereocenters. The molecule has 0 saturated carbocycles. The normalized spacial score (nSPS) is 8.22. The SMILES string of the molecule is CC.Cc1cccc(-c2cccc(C)n2)n1.[CH3-].[U]. The Morgan fingerprint density at radius 1 is 0.722 bits per heavy atom. The molecule has 96 valence electrons. The second-order valence-electron chi connectivity index (χ2n) is 3.33. The van der Waals surface area contributed by atoms with E-state index in [1.165, 1.54) is 0 Å². The van der Waals surface area contributed by atoms with Gasteiger partial charge in [-0.3, -0.25) is 9.97 Å². The zero-order chi connectivity index (χ0) is 12.0. The van der Waals surface area contributed by atoms with Crippen molar-refractivity contribution in [1.29, 1.82) is 0 Å². The molecule has 2 nitrogen and oxygen atoms in total. The number of aryl methyl sites for hydroxylation is 2. The molecule has 0 aromatic carbocycles. The molecule has 18 heavy (non-hydrogen) atoms. The van der Waals surface area contributed by atoms with Crippen molar-refractivity contribution in [3.05, 3.63) is 55.2 Å². The van der Waals surface area contributed by atoms with E-state index in [4.69, 9.17) is 0 Å². The van der Waals surface area contributed by atoms with Crippen LogP contribution in [0.25, 0.3) is 11.4 Å². The fraction of sp³-hybridized carbons (Fsp3) is 0.267. The Morgan fingerprint density at radius 2 is 1.06 bits per heavy atom. The molecule has 0 bridgehead atoms. The molecule has 2 aromatic rings. The summed E-state index contributed by atoms with van der Waals surface area (Å²) in [7, 11) is 0. The van der Waals surface area contributed by atoms with Gasteiger partial charge in [0.2, 0.25) is 0 Å². The molecule has 0 aliphatic rings. The van der Waals surface area contributed by atoms with Crippen molar-refractivity contribution < 1.29 is 31.1 Å². The summed E-state index contributed by atoms with van der Waals surface area (Å²) in [5, 5.41) is 0. The van der Waals surface area contributed by atoms with E-state index in [0.717, 1.165) is 22.8 Å². The van der Waals surface area contributed by atoms with Crippen LogP contribution in [0.3, 0.4) is 0 Å². The van der Waals surface area contributed by atoms with Gasteiger partial charge in [-0.05, 0) is 38.1 Å². The third kappa shape index (κ3) is 5.80. The molecular weight excluding hydrogens is 446 g/mol. The number of hydrogen-bond acceptors (Lipinski definition) is 2. The van der Waals surface area contributed by atoms with E-state index in [2.05, 4.69) is 9.97 Å². The Hall–Kier alpha value is -0.648. The van der Waals surface area contributed by atoms with Gasteiger partial charge in [-0.25, -0.2) is 0 Å². The molecule has 0 radical (unpaired) electrons. The minimum absolute atomic E-state index is 0. The van der Waals surface area contributed by atoms with Gasteiger partial charge in [0.25, 0.3) is 0 Å². The van der Waals surface area contributed by atoms with Crippen molar-refractivity contribution in [2.24, 2.45) is 0 Å². The van der Waals surface area contributed by atoms with Crippen molar-refractivity contribution in [3.8, 4) is 11.4 Å². The van der Waals surface area contributed by atoms with Gasteiger partial charge in [-0.2, -0.15) is 0 Å². The molecule has 0 N–H and O–H groups in total. The summed E-state index contributed by atoms with van der Waals surface area (Å²) in [4.78, 5) is 8.84. The smallest absolute Gasteiger partial charge is 0.0889 e. The Bertz CT molecular complexity index is 412. The molecule has 0 spiro atoms. The van der Waals surface area contributed by atoms with Crippen LogP contribution in [-0.2, 0) is 0 Å². The van der Waals surface area contributed by atoms with E-state index in [0.29, 0.717) is 0 Å². The molecule has 0 aliphatic heterocycles. The van der Waals surface area contributed by atoms with Gasteiger partial charge in [-0.1, -0.05) is 26.0 Å². The zero-order valence-electron chi connectivity index (χ0n) is 11.9. The largest absolute Gasteiger partial charge is 0.358 e. The molecule has 0 aliphatic carbocycles. The fourth-order valence-corrected chi connectivity index (χ4v) is 1.37. The number of aromatic nitrogens is 2. The van der Waals surface area contributed by atoms with E-state index in [9.17, 15) is 0 Å². The minimum Gasteiger partial charge on any atom is -0.358 e. The van der Waals surface area contributed by atoms with E-state index in [1.54, 1.807) is 0 Å². The molecule has 0 unspecified atom stereocenters. The Morgan fingerprint density at radius 3 is 1.33 bits per heavy atom. The van der Waals surface area contributed by atoms with E-state index >= 15 is 0 Å². The van der Waals surface area contributed by atoms with Crippen LogP contribution in [0.5, 0.6) is 0 Å². The first-order valence-electron chi connectivity index (χ1n) is 5.63. The van der Waals surface area contributed by atoms with Crippen LogP contribution in [0.4, 0.5) is 0 Å². The maximum absolute atomic E-state index is 4.42. The topological polar surface area (TPSA) is 25.8 Å². The summed E-state index contributed by atoms with van der Waals surface area (Å²) < 4.78 is 0. The van der Waals surface area contributed by atoms with Gasteiger partial charge in [0.1, 0.15) is 0 Å². The fourth-order valence-electron chi connectivity index (χ4n) is 1.37. The van der Waals surface area contributed by atoms with Crippen LogP contribution in [0, 0.1) is 52.4 Å². The minimum atomic E-state index is 0. The second kappa shape index (κ2) is 10.3. The van der Waals surface area contributed by atoms with E-state index in [1.807, 2.05) is 64.1 Å². The number of hydrogen-bond donors (Lipinski definition) is 0. The molecule has 0 saturated heterocycles. The first-order chi connectivity index (χ1) is 7.75. The predicted molar refractivity (Wildman–Crippen MR) is 74.7 cm³/mol. The summed E-state index contributed by atoms with van der Waals surface area (Å²) in [5.74, 6) is 0. The van der Waals surface area contributed by atoms with Crippen molar-refractivity contribution in [3.63, 3.8) is 0 Å². The van der Waals surface area contributed by atoms with Gasteiger partial charge in [0.15, 0.2) is 0 Å². The number of nitrogens with zero attached hydrogens (tertiary/aromatic N) is 2. The van der Waals surface area contributed by atoms with Crippen LogP contribution in [0.2, 0.25) is 0 Å². The Labute approximate surface area is 135 Å². The van der Waals surface area contributed by atoms with Crippen molar-refractivity contribution in [2.75, 3.05) is 0 Å². The van der Waals surface area contributed by atoms with Crippen LogP contribution >= 0.6 is 0 Å². The molecule has 0 fully saturated rings. The van der Waals surface area contributed by atoms with Gasteiger partial charge in [0, 0.05) is 42.5 Å². The summed E-state index contributed by atoms with van der Waals surface area (Å²) in [6.07, 6.45) is 0. The standard InChI is InChI=1S/C12H12N2.C2H6.CH3.U/c1-9-5-3-7-11(13-9)12-8-4-6-10(2)14-12;1-2;;/h3-8H,1-2H3;1-2H3;1H3;/q;;-1;. The third-order valence-corrected chi connectivity index (χ3v) is 2.04. The van der Waals surface area contributed by atoms with Gasteiger partial charge >= 0.3 is 0 Å². The van der Waals surface area contributed by atoms with Gasteiger partial charge in [0.05, 0.1) is 11.4 Å². The second-order valence-corrected chi connectivity index (χ2v) is 3.33. The predicted octanol–water partition coefficient (Wildman–Crippen LogP) is 4.24. The summed E-state index contributed by atoms with van der Waals surface area (Å²) in [5.41, 5.74) is 3.92. The Kier molecular flexibility index (Phi) is 11.3. The van der Waals surface area contributed by atoms with Crippen LogP contribution in [-0.4, -0.2) is 9.97 Å². The average molecular weight is 467 g/mol. The van der Waals surface area contributed by atoms with Crippen molar-refractivity contribution in [2.45, 2.75) is 27.7 Å². The molecular formula is C15H21N2U-. The molecule has 0 amide bonds. The molecule has 2 rings (SSSR count). The average Bonchev–Trinajstić information content (AvgIpc) is 2.32. The third-order valence-electron chi connectivity index (χ3n) is 2.04. The summed E-state index contributed by atoms with van der Waals surface area (Å²) in [6, 6.07) is 11.9. The first-order valence-corrected chi connectivity index (χ1v) is 5.63. The monoisotopic (exact) mass is 467 g/mol. The van der Waals surface area contributed by atoms with Crippen LogP contribution in [0.15, 0.2) is 36.4 Å². The molecule has 2 aromatic heterocycles. The number of rotatable bonds is 1. The Balaban J connectivity index is 0. The zero-order valence-corrected chi connectivity index (χ0v) is 16.0. The summed E-state index contributed by atoms with van der Waals surface area (Å²) in [6.45, 7) is 7.97. The van der Waals surface area contributed by atoms with Gasteiger partial charge in [-0.15, -0.1) is 0 Å². The van der Waals surface area contributed by atoms with Crippen LogP contribution < -0.4 is 0 Å². The van der Waals surface area contributed by atoms with Crippen molar-refractivity contribution in [1.82, 2.24) is 9.97 Å². The number of pyridine rings is 2. The summed E-state index contributed by atoms with van der Waals surface area (Å²) >= 11 is 0. The van der Waals surface area contributed by atoms with Crippen LogP contribution in [0.1, 0.15) is 25.2 Å². The first kappa shape index (κ1) is 19.7. The van der Waals surface area contributed by atoms with E-state index in [-0.39, 0.29) is 38.5 Å². The van der Waals surface area contributed by atoms with Gasteiger partial charge < -0.3 is 7.43 Å². The molecule has 3 heteroatoms. The quantitative estimate of drug-likeness (QED) is 0.587. The maximum Gasteiger partial charge on any atom is 0.0889 e. The maximum atomic E-state index is 4.42. The van der Waals surface area contributed by atoms with E-state index < -0.39 is 0 Å². The molecule has 2 heterocycles.